The Hall–Kier alpha value is -1.95. The first kappa shape index (κ1) is 12.1. The van der Waals surface area contributed by atoms with Crippen molar-refractivity contribution in [3.05, 3.63) is 23.8 Å². The van der Waals surface area contributed by atoms with Gasteiger partial charge in [0.25, 0.3) is 0 Å². The Balaban J connectivity index is 1.92. The zero-order valence-corrected chi connectivity index (χ0v) is 10.9. The molecular formula is C13H17N5O. The van der Waals surface area contributed by atoms with E-state index in [1.807, 2.05) is 29.8 Å². The fraction of sp³-hybridized carbons (Fsp3) is 0.462. The van der Waals surface area contributed by atoms with Gasteiger partial charge in [-0.25, -0.2) is 4.68 Å². The monoisotopic (exact) mass is 259 g/mol. The number of nitrogens with zero attached hydrogens (tertiary/aromatic N) is 4. The molecule has 0 bridgehead atoms. The van der Waals surface area contributed by atoms with Crippen LogP contribution in [0, 0.1) is 12.8 Å². The molecule has 0 radical (unpaired) electrons. The molecule has 2 N–H and O–H groups in total. The van der Waals surface area contributed by atoms with Gasteiger partial charge in [0.2, 0.25) is 0 Å². The summed E-state index contributed by atoms with van der Waals surface area (Å²) < 4.78 is 7.21. The first-order valence-electron chi connectivity index (χ1n) is 6.44. The molecule has 1 atom stereocenters. The highest BCUT2D eigenvalue weighted by atomic mass is 16.5. The van der Waals surface area contributed by atoms with Crippen molar-refractivity contribution in [1.29, 1.82) is 0 Å². The molecule has 1 saturated heterocycles. The second-order valence-electron chi connectivity index (χ2n) is 5.00. The van der Waals surface area contributed by atoms with Crippen molar-refractivity contribution in [2.45, 2.75) is 19.9 Å². The van der Waals surface area contributed by atoms with Gasteiger partial charge in [-0.05, 0) is 35.9 Å². The van der Waals surface area contributed by atoms with E-state index >= 15 is 0 Å². The molecule has 1 aromatic heterocycles. The molecule has 100 valence electrons. The Labute approximate surface area is 111 Å². The van der Waals surface area contributed by atoms with Gasteiger partial charge in [-0.3, -0.25) is 0 Å². The quantitative estimate of drug-likeness (QED) is 0.840. The van der Waals surface area contributed by atoms with Crippen molar-refractivity contribution in [3.63, 3.8) is 0 Å². The molecule has 1 aliphatic rings. The Morgan fingerprint density at radius 2 is 2.37 bits per heavy atom. The molecule has 2 heterocycles. The van der Waals surface area contributed by atoms with Gasteiger partial charge in [0.05, 0.1) is 13.2 Å². The number of tetrazole rings is 1. The highest BCUT2D eigenvalue weighted by Gasteiger charge is 2.20. The van der Waals surface area contributed by atoms with Gasteiger partial charge in [0.15, 0.2) is 5.82 Å². The highest BCUT2D eigenvalue weighted by Crippen LogP contribution is 2.25. The second kappa shape index (κ2) is 4.97. The summed E-state index contributed by atoms with van der Waals surface area (Å²) in [6.07, 6.45) is 1.06. The fourth-order valence-corrected chi connectivity index (χ4v) is 2.36. The zero-order chi connectivity index (χ0) is 13.2. The van der Waals surface area contributed by atoms with E-state index in [2.05, 4.69) is 15.5 Å². The summed E-state index contributed by atoms with van der Waals surface area (Å²) >= 11 is 0. The summed E-state index contributed by atoms with van der Waals surface area (Å²) in [5.41, 5.74) is 8.76. The van der Waals surface area contributed by atoms with Gasteiger partial charge >= 0.3 is 0 Å². The lowest BCUT2D eigenvalue weighted by atomic mass is 10.1. The molecule has 0 aliphatic carbocycles. The predicted octanol–water partition coefficient (Wildman–Crippen LogP) is 1.27. The van der Waals surface area contributed by atoms with Gasteiger partial charge in [0.1, 0.15) is 0 Å². The minimum absolute atomic E-state index is 0.480. The summed E-state index contributed by atoms with van der Waals surface area (Å²) in [6, 6.07) is 5.89. The van der Waals surface area contributed by atoms with Crippen molar-refractivity contribution in [2.75, 3.05) is 18.9 Å². The average Bonchev–Trinajstić information content (AvgIpc) is 3.04. The van der Waals surface area contributed by atoms with E-state index in [1.165, 1.54) is 0 Å². The lowest BCUT2D eigenvalue weighted by Crippen LogP contribution is -2.13. The molecule has 0 saturated carbocycles. The summed E-state index contributed by atoms with van der Waals surface area (Å²) in [7, 11) is 0. The van der Waals surface area contributed by atoms with Crippen molar-refractivity contribution >= 4 is 5.69 Å². The van der Waals surface area contributed by atoms with Crippen LogP contribution in [0.1, 0.15) is 12.0 Å². The molecule has 0 amide bonds. The lowest BCUT2D eigenvalue weighted by Gasteiger charge is -2.10. The second-order valence-corrected chi connectivity index (χ2v) is 5.00. The van der Waals surface area contributed by atoms with Gasteiger partial charge < -0.3 is 10.5 Å². The Morgan fingerprint density at radius 1 is 1.47 bits per heavy atom. The summed E-state index contributed by atoms with van der Waals surface area (Å²) in [4.78, 5) is 0. The van der Waals surface area contributed by atoms with Crippen LogP contribution in [-0.4, -0.2) is 33.4 Å². The number of nitrogens with two attached hydrogens (primary N) is 1. The third-order valence-electron chi connectivity index (χ3n) is 3.44. The average molecular weight is 259 g/mol. The Morgan fingerprint density at radius 3 is 3.16 bits per heavy atom. The third-order valence-corrected chi connectivity index (χ3v) is 3.44. The number of aromatic nitrogens is 4. The maximum absolute atomic E-state index is 6.02. The molecule has 1 aromatic carbocycles. The van der Waals surface area contributed by atoms with Crippen LogP contribution in [0.4, 0.5) is 5.69 Å². The SMILES string of the molecule is Cc1ccc(N)c(-c2nnnn2CC2CCOC2)c1. The standard InChI is InChI=1S/C13H17N5O/c1-9-2-3-12(14)11(6-9)13-15-16-17-18(13)7-10-4-5-19-8-10/h2-3,6,10H,4-5,7-8,14H2,1H3. The van der Waals surface area contributed by atoms with Crippen LogP contribution in [0.5, 0.6) is 0 Å². The van der Waals surface area contributed by atoms with Gasteiger partial charge in [-0.2, -0.15) is 0 Å². The van der Waals surface area contributed by atoms with E-state index in [0.717, 1.165) is 43.1 Å². The van der Waals surface area contributed by atoms with E-state index < -0.39 is 0 Å². The number of aryl methyl sites for hydroxylation is 1. The number of nitrogen functional groups attached to an aromatic ring is 1. The molecule has 19 heavy (non-hydrogen) atoms. The summed E-state index contributed by atoms with van der Waals surface area (Å²) in [5, 5.41) is 12.0. The van der Waals surface area contributed by atoms with E-state index in [-0.39, 0.29) is 0 Å². The maximum Gasteiger partial charge on any atom is 0.184 e. The first-order chi connectivity index (χ1) is 9.24. The molecule has 1 fully saturated rings. The Bertz CT molecular complexity index is 574. The van der Waals surface area contributed by atoms with E-state index in [0.29, 0.717) is 11.6 Å². The summed E-state index contributed by atoms with van der Waals surface area (Å²) in [5.74, 6) is 1.21. The number of ether oxygens (including phenoxy) is 1. The minimum Gasteiger partial charge on any atom is -0.398 e. The summed E-state index contributed by atoms with van der Waals surface area (Å²) in [6.45, 7) is 4.41. The van der Waals surface area contributed by atoms with E-state index in [9.17, 15) is 0 Å². The van der Waals surface area contributed by atoms with Crippen LogP contribution in [0.3, 0.4) is 0 Å². The molecule has 6 nitrogen and oxygen atoms in total. The largest absolute Gasteiger partial charge is 0.398 e. The number of rotatable bonds is 3. The molecule has 2 aromatic rings. The van der Waals surface area contributed by atoms with Gasteiger partial charge in [-0.15, -0.1) is 5.10 Å². The molecule has 6 heteroatoms. The normalized spacial score (nSPS) is 18.9. The van der Waals surface area contributed by atoms with Crippen LogP contribution in [0.2, 0.25) is 0 Å². The topological polar surface area (TPSA) is 78.9 Å². The van der Waals surface area contributed by atoms with Gasteiger partial charge in [-0.1, -0.05) is 11.6 Å². The minimum atomic E-state index is 0.480. The van der Waals surface area contributed by atoms with Crippen LogP contribution < -0.4 is 5.73 Å². The van der Waals surface area contributed by atoms with Crippen LogP contribution in [0.25, 0.3) is 11.4 Å². The van der Waals surface area contributed by atoms with Crippen molar-refractivity contribution in [3.8, 4) is 11.4 Å². The molecule has 1 unspecified atom stereocenters. The number of hydrogen-bond acceptors (Lipinski definition) is 5. The number of benzene rings is 1. The van der Waals surface area contributed by atoms with Crippen molar-refractivity contribution < 1.29 is 4.74 Å². The fourth-order valence-electron chi connectivity index (χ4n) is 2.36. The van der Waals surface area contributed by atoms with Gasteiger partial charge in [0, 0.05) is 23.8 Å². The van der Waals surface area contributed by atoms with E-state index in [4.69, 9.17) is 10.5 Å². The maximum atomic E-state index is 6.02. The first-order valence-corrected chi connectivity index (χ1v) is 6.44. The zero-order valence-electron chi connectivity index (χ0n) is 10.9. The third kappa shape index (κ3) is 2.44. The molecule has 3 rings (SSSR count). The van der Waals surface area contributed by atoms with Crippen molar-refractivity contribution in [2.24, 2.45) is 5.92 Å². The Kier molecular flexibility index (Phi) is 3.16. The van der Waals surface area contributed by atoms with Crippen LogP contribution >= 0.6 is 0 Å². The lowest BCUT2D eigenvalue weighted by molar-refractivity contribution is 0.181. The van der Waals surface area contributed by atoms with Crippen molar-refractivity contribution in [1.82, 2.24) is 20.2 Å². The highest BCUT2D eigenvalue weighted by molar-refractivity contribution is 5.71. The predicted molar refractivity (Wildman–Crippen MR) is 71.3 cm³/mol. The molecule has 0 spiro atoms. The number of hydrogen-bond donors (Lipinski definition) is 1. The van der Waals surface area contributed by atoms with E-state index in [1.54, 1.807) is 0 Å². The smallest absolute Gasteiger partial charge is 0.184 e. The van der Waals surface area contributed by atoms with Crippen LogP contribution in [0.15, 0.2) is 18.2 Å². The molecular weight excluding hydrogens is 242 g/mol. The molecule has 1 aliphatic heterocycles. The number of anilines is 1. The van der Waals surface area contributed by atoms with Crippen LogP contribution in [-0.2, 0) is 11.3 Å².